The van der Waals surface area contributed by atoms with Crippen LogP contribution in [0.25, 0.3) is 10.8 Å². The van der Waals surface area contributed by atoms with Crippen molar-refractivity contribution in [1.29, 1.82) is 0 Å². The van der Waals surface area contributed by atoms with E-state index in [-0.39, 0.29) is 4.90 Å². The van der Waals surface area contributed by atoms with E-state index >= 15 is 0 Å². The molecule has 2 aromatic rings. The zero-order chi connectivity index (χ0) is 12.6. The van der Waals surface area contributed by atoms with Gasteiger partial charge in [0.25, 0.3) is 0 Å². The number of benzene rings is 2. The number of rotatable bonds is 2. The lowest BCUT2D eigenvalue weighted by atomic mass is 10.1. The summed E-state index contributed by atoms with van der Waals surface area (Å²) in [6.07, 6.45) is 0. The van der Waals surface area contributed by atoms with Crippen molar-refractivity contribution in [2.45, 2.75) is 4.90 Å². The average molecular weight is 250 g/mol. The molecule has 0 heterocycles. The van der Waals surface area contributed by atoms with Gasteiger partial charge < -0.3 is 5.73 Å². The monoisotopic (exact) mass is 250 g/mol. The summed E-state index contributed by atoms with van der Waals surface area (Å²) in [5.74, 6) is 0. The third-order valence-corrected chi connectivity index (χ3v) is 4.51. The van der Waals surface area contributed by atoms with Gasteiger partial charge in [-0.2, -0.15) is 0 Å². The van der Waals surface area contributed by atoms with Gasteiger partial charge in [-0.15, -0.1) is 0 Å². The minimum absolute atomic E-state index is 0.248. The second-order valence-corrected chi connectivity index (χ2v) is 6.11. The maximum absolute atomic E-state index is 12.2. The molecule has 17 heavy (non-hydrogen) atoms. The predicted molar refractivity (Wildman–Crippen MR) is 69.2 cm³/mol. The molecule has 0 aliphatic carbocycles. The Labute approximate surface area is 101 Å². The van der Waals surface area contributed by atoms with Crippen molar-refractivity contribution in [3.8, 4) is 0 Å². The van der Waals surface area contributed by atoms with E-state index in [4.69, 9.17) is 5.73 Å². The molecule has 2 N–H and O–H groups in total. The number of nitrogens with zero attached hydrogens (tertiary/aromatic N) is 1. The van der Waals surface area contributed by atoms with E-state index in [1.54, 1.807) is 18.2 Å². The summed E-state index contributed by atoms with van der Waals surface area (Å²) >= 11 is 0. The second-order valence-electron chi connectivity index (χ2n) is 3.99. The Morgan fingerprint density at radius 3 is 2.24 bits per heavy atom. The Kier molecular flexibility index (Phi) is 2.81. The van der Waals surface area contributed by atoms with Crippen molar-refractivity contribution in [2.24, 2.45) is 0 Å². The number of nitrogens with two attached hydrogens (primary N) is 1. The van der Waals surface area contributed by atoms with E-state index in [9.17, 15) is 8.42 Å². The van der Waals surface area contributed by atoms with Gasteiger partial charge in [-0.3, -0.25) is 0 Å². The Morgan fingerprint density at radius 1 is 1.06 bits per heavy atom. The molecule has 2 aromatic carbocycles. The second kappa shape index (κ2) is 4.01. The van der Waals surface area contributed by atoms with Crippen LogP contribution in [0, 0.1) is 0 Å². The SMILES string of the molecule is CN(C)S(=O)(=O)c1cccc2cccc(N)c12. The molecule has 0 amide bonds. The predicted octanol–water partition coefficient (Wildman–Crippen LogP) is 1.67. The molecule has 90 valence electrons. The molecule has 5 heteroatoms. The van der Waals surface area contributed by atoms with Crippen molar-refractivity contribution in [1.82, 2.24) is 4.31 Å². The van der Waals surface area contributed by atoms with E-state index in [1.165, 1.54) is 18.4 Å². The minimum atomic E-state index is -3.47. The fourth-order valence-electron chi connectivity index (χ4n) is 1.75. The molecule has 0 aromatic heterocycles. The summed E-state index contributed by atoms with van der Waals surface area (Å²) in [7, 11) is -0.458. The first-order valence-electron chi connectivity index (χ1n) is 5.14. The minimum Gasteiger partial charge on any atom is -0.398 e. The Bertz CT molecular complexity index is 658. The van der Waals surface area contributed by atoms with Crippen molar-refractivity contribution in [3.05, 3.63) is 36.4 Å². The normalized spacial score (nSPS) is 12.2. The first-order chi connectivity index (χ1) is 7.94. The van der Waals surface area contributed by atoms with Gasteiger partial charge in [0.1, 0.15) is 0 Å². The van der Waals surface area contributed by atoms with Gasteiger partial charge in [-0.05, 0) is 17.5 Å². The Hall–Kier alpha value is -1.59. The van der Waals surface area contributed by atoms with E-state index in [1.807, 2.05) is 18.2 Å². The fourth-order valence-corrected chi connectivity index (χ4v) is 2.88. The van der Waals surface area contributed by atoms with E-state index in [0.717, 1.165) is 5.39 Å². The van der Waals surface area contributed by atoms with Crippen molar-refractivity contribution in [3.63, 3.8) is 0 Å². The number of hydrogen-bond donors (Lipinski definition) is 1. The molecule has 0 atom stereocenters. The van der Waals surface area contributed by atoms with E-state index in [2.05, 4.69) is 0 Å². The van der Waals surface area contributed by atoms with Gasteiger partial charge in [0.15, 0.2) is 0 Å². The largest absolute Gasteiger partial charge is 0.398 e. The van der Waals surface area contributed by atoms with Crippen LogP contribution in [0.5, 0.6) is 0 Å². The highest BCUT2D eigenvalue weighted by atomic mass is 32.2. The van der Waals surface area contributed by atoms with Crippen LogP contribution in [0.4, 0.5) is 5.69 Å². The van der Waals surface area contributed by atoms with Gasteiger partial charge in [0.05, 0.1) is 4.90 Å². The molecule has 0 unspecified atom stereocenters. The zero-order valence-corrected chi connectivity index (χ0v) is 10.5. The molecule has 0 bridgehead atoms. The molecule has 0 aliphatic rings. The number of nitrogen functional groups attached to an aromatic ring is 1. The maximum atomic E-state index is 12.2. The smallest absolute Gasteiger partial charge is 0.243 e. The number of sulfonamides is 1. The maximum Gasteiger partial charge on any atom is 0.243 e. The number of hydrogen-bond acceptors (Lipinski definition) is 3. The number of fused-ring (bicyclic) bond motifs is 1. The third kappa shape index (κ3) is 1.87. The highest BCUT2D eigenvalue weighted by Crippen LogP contribution is 2.29. The van der Waals surface area contributed by atoms with Crippen LogP contribution in [-0.2, 0) is 10.0 Å². The summed E-state index contributed by atoms with van der Waals surface area (Å²) in [5.41, 5.74) is 6.35. The molecule has 0 spiro atoms. The average Bonchev–Trinajstić information content (AvgIpc) is 2.28. The third-order valence-electron chi connectivity index (χ3n) is 2.66. The molecular weight excluding hydrogens is 236 g/mol. The van der Waals surface area contributed by atoms with Crippen LogP contribution >= 0.6 is 0 Å². The molecule has 4 nitrogen and oxygen atoms in total. The standard InChI is InChI=1S/C12H14N2O2S/c1-14(2)17(15,16)11-8-4-6-9-5-3-7-10(13)12(9)11/h3-8H,13H2,1-2H3. The summed E-state index contributed by atoms with van der Waals surface area (Å²) in [5, 5.41) is 1.41. The van der Waals surface area contributed by atoms with Gasteiger partial charge >= 0.3 is 0 Å². The first-order valence-corrected chi connectivity index (χ1v) is 6.58. The van der Waals surface area contributed by atoms with Crippen LogP contribution in [-0.4, -0.2) is 26.8 Å². The molecular formula is C12H14N2O2S. The van der Waals surface area contributed by atoms with Crippen LogP contribution in [0.15, 0.2) is 41.3 Å². The van der Waals surface area contributed by atoms with Gasteiger partial charge in [-0.1, -0.05) is 24.3 Å². The number of anilines is 1. The summed E-state index contributed by atoms with van der Waals surface area (Å²) < 4.78 is 25.5. The van der Waals surface area contributed by atoms with Crippen molar-refractivity contribution >= 4 is 26.5 Å². The summed E-state index contributed by atoms with van der Waals surface area (Å²) in [6.45, 7) is 0. The Morgan fingerprint density at radius 2 is 1.65 bits per heavy atom. The van der Waals surface area contributed by atoms with E-state index in [0.29, 0.717) is 11.1 Å². The van der Waals surface area contributed by atoms with Crippen LogP contribution in [0.2, 0.25) is 0 Å². The van der Waals surface area contributed by atoms with Gasteiger partial charge in [0.2, 0.25) is 10.0 Å². The van der Waals surface area contributed by atoms with Gasteiger partial charge in [-0.25, -0.2) is 12.7 Å². The molecule has 0 fully saturated rings. The Balaban J connectivity index is 2.89. The molecule has 0 radical (unpaired) electrons. The van der Waals surface area contributed by atoms with Gasteiger partial charge in [0, 0.05) is 25.2 Å². The van der Waals surface area contributed by atoms with Crippen molar-refractivity contribution in [2.75, 3.05) is 19.8 Å². The molecule has 0 saturated heterocycles. The lowest BCUT2D eigenvalue weighted by molar-refractivity contribution is 0.521. The van der Waals surface area contributed by atoms with Crippen molar-refractivity contribution < 1.29 is 8.42 Å². The fraction of sp³-hybridized carbons (Fsp3) is 0.167. The lowest BCUT2D eigenvalue weighted by Crippen LogP contribution is -2.22. The van der Waals surface area contributed by atoms with Crippen LogP contribution < -0.4 is 5.73 Å². The topological polar surface area (TPSA) is 63.4 Å². The van der Waals surface area contributed by atoms with E-state index < -0.39 is 10.0 Å². The van der Waals surface area contributed by atoms with Crippen LogP contribution in [0.3, 0.4) is 0 Å². The molecule has 2 rings (SSSR count). The quantitative estimate of drug-likeness (QED) is 0.825. The zero-order valence-electron chi connectivity index (χ0n) is 9.71. The van der Waals surface area contributed by atoms with Crippen LogP contribution in [0.1, 0.15) is 0 Å². The molecule has 0 aliphatic heterocycles. The highest BCUT2D eigenvalue weighted by Gasteiger charge is 2.20. The summed E-state index contributed by atoms with van der Waals surface area (Å²) in [6, 6.07) is 10.5. The summed E-state index contributed by atoms with van der Waals surface area (Å²) in [4.78, 5) is 0.248. The molecule has 0 saturated carbocycles. The highest BCUT2D eigenvalue weighted by molar-refractivity contribution is 7.89. The lowest BCUT2D eigenvalue weighted by Gasteiger charge is -2.14. The first kappa shape index (κ1) is 11.9.